The zero-order valence-corrected chi connectivity index (χ0v) is 4.33. The smallest absolute Gasteiger partial charge is 0.389 e. The maximum atomic E-state index is 11.4. The Hall–Kier alpha value is -0.380. The number of hydrogen-bond acceptors (Lipinski definition) is 1. The predicted molar refractivity (Wildman–Crippen MR) is 22.1 cm³/mol. The molecule has 0 aliphatic rings. The highest BCUT2D eigenvalue weighted by Crippen LogP contribution is 2.06. The molecule has 0 unspecified atom stereocenters. The van der Waals surface area contributed by atoms with Crippen molar-refractivity contribution in [1.82, 2.24) is 0 Å². The van der Waals surface area contributed by atoms with Crippen LogP contribution in [-0.4, -0.2) is 6.61 Å². The Balaban J connectivity index is 3.39. The van der Waals surface area contributed by atoms with Crippen LogP contribution in [0.4, 0.5) is 13.2 Å². The Bertz CT molecular complexity index is 92.5. The zero-order chi connectivity index (χ0) is 6.57. The van der Waals surface area contributed by atoms with Crippen LogP contribution in [0, 0.1) is 0 Å². The Morgan fingerprint density at radius 2 is 2.12 bits per heavy atom. The second-order valence-corrected chi connectivity index (χ2v) is 1.01. The van der Waals surface area contributed by atoms with E-state index >= 15 is 0 Å². The van der Waals surface area contributed by atoms with Crippen molar-refractivity contribution >= 4 is 11.6 Å². The van der Waals surface area contributed by atoms with Gasteiger partial charge in [-0.1, -0.05) is 11.6 Å². The van der Waals surface area contributed by atoms with E-state index in [0.29, 0.717) is 0 Å². The highest BCUT2D eigenvalue weighted by atomic mass is 35.5. The summed E-state index contributed by atoms with van der Waals surface area (Å²) in [5.74, 6) is 0. The van der Waals surface area contributed by atoms with E-state index in [1.54, 1.807) is 0 Å². The summed E-state index contributed by atoms with van der Waals surface area (Å²) in [6.45, 7) is -3.15. The molecule has 0 radical (unpaired) electrons. The van der Waals surface area contributed by atoms with Gasteiger partial charge >= 0.3 is 6.61 Å². The standard InChI is InChI=1S/C3H2ClF3O/c4-1-2(5)8-3(6)7/h1,3H. The topological polar surface area (TPSA) is 9.23 Å². The van der Waals surface area contributed by atoms with E-state index < -0.39 is 12.6 Å². The van der Waals surface area contributed by atoms with E-state index in [1.165, 1.54) is 0 Å². The molecular weight excluding hydrogens is 144 g/mol. The zero-order valence-electron chi connectivity index (χ0n) is 3.57. The third kappa shape index (κ3) is 3.80. The quantitative estimate of drug-likeness (QED) is 0.543. The van der Waals surface area contributed by atoms with Crippen molar-refractivity contribution in [2.75, 3.05) is 0 Å². The average Bonchev–Trinajstić information content (AvgIpc) is 1.65. The Morgan fingerprint density at radius 1 is 1.62 bits per heavy atom. The normalized spacial score (nSPS) is 12.4. The molecule has 0 spiro atoms. The van der Waals surface area contributed by atoms with Gasteiger partial charge < -0.3 is 4.74 Å². The molecule has 0 saturated heterocycles. The lowest BCUT2D eigenvalue weighted by atomic mass is 11.1. The summed E-state index contributed by atoms with van der Waals surface area (Å²) in [5, 5.41) is 0. The first-order valence-electron chi connectivity index (χ1n) is 1.57. The van der Waals surface area contributed by atoms with E-state index in [-0.39, 0.29) is 5.54 Å². The first kappa shape index (κ1) is 7.62. The summed E-state index contributed by atoms with van der Waals surface area (Å²) in [6, 6.07) is -1.48. The van der Waals surface area contributed by atoms with Crippen molar-refractivity contribution in [1.29, 1.82) is 0 Å². The molecule has 0 aromatic carbocycles. The molecule has 0 fully saturated rings. The van der Waals surface area contributed by atoms with Crippen LogP contribution < -0.4 is 0 Å². The van der Waals surface area contributed by atoms with Crippen molar-refractivity contribution in [2.24, 2.45) is 0 Å². The van der Waals surface area contributed by atoms with E-state index in [1.807, 2.05) is 0 Å². The lowest BCUT2D eigenvalue weighted by Gasteiger charge is -1.96. The van der Waals surface area contributed by atoms with Crippen LogP contribution in [0.2, 0.25) is 0 Å². The molecule has 0 N–H and O–H groups in total. The SMILES string of the molecule is FC(=CCl)OC(F)F. The van der Waals surface area contributed by atoms with Crippen LogP contribution in [0.3, 0.4) is 0 Å². The van der Waals surface area contributed by atoms with Gasteiger partial charge in [0.2, 0.25) is 0 Å². The molecule has 48 valence electrons. The van der Waals surface area contributed by atoms with E-state index in [2.05, 4.69) is 16.3 Å². The van der Waals surface area contributed by atoms with Crippen LogP contribution >= 0.6 is 11.6 Å². The third-order valence-electron chi connectivity index (χ3n) is 0.287. The minimum Gasteiger partial charge on any atom is -0.408 e. The summed E-state index contributed by atoms with van der Waals surface area (Å²) in [7, 11) is 0. The summed E-state index contributed by atoms with van der Waals surface area (Å²) in [6.07, 6.45) is 0. The van der Waals surface area contributed by atoms with Gasteiger partial charge in [-0.25, -0.2) is 0 Å². The van der Waals surface area contributed by atoms with Crippen LogP contribution in [-0.2, 0) is 4.74 Å². The van der Waals surface area contributed by atoms with Crippen LogP contribution in [0.25, 0.3) is 0 Å². The molecule has 0 rings (SSSR count). The number of ether oxygens (including phenoxy) is 1. The van der Waals surface area contributed by atoms with Gasteiger partial charge in [-0.2, -0.15) is 13.2 Å². The minimum atomic E-state index is -3.15. The molecule has 1 nitrogen and oxygen atoms in total. The second-order valence-electron chi connectivity index (χ2n) is 0.792. The van der Waals surface area contributed by atoms with Crippen molar-refractivity contribution in [3.63, 3.8) is 0 Å². The summed E-state index contributed by atoms with van der Waals surface area (Å²) in [4.78, 5) is 0. The molecule has 8 heavy (non-hydrogen) atoms. The third-order valence-corrected chi connectivity index (χ3v) is 0.459. The molecule has 0 aliphatic carbocycles. The first-order valence-corrected chi connectivity index (χ1v) is 2.01. The summed E-state index contributed by atoms with van der Waals surface area (Å²) < 4.78 is 36.4. The molecular formula is C3H2ClF3O. The molecule has 0 atom stereocenters. The van der Waals surface area contributed by atoms with Crippen LogP contribution in [0.5, 0.6) is 0 Å². The molecule has 0 aromatic heterocycles. The fourth-order valence-corrected chi connectivity index (χ4v) is 0.162. The van der Waals surface area contributed by atoms with Crippen molar-refractivity contribution in [2.45, 2.75) is 6.61 Å². The molecule has 0 heterocycles. The van der Waals surface area contributed by atoms with Gasteiger partial charge in [-0.3, -0.25) is 0 Å². The summed E-state index contributed by atoms with van der Waals surface area (Å²) >= 11 is 4.60. The van der Waals surface area contributed by atoms with Crippen molar-refractivity contribution < 1.29 is 17.9 Å². The lowest BCUT2D eigenvalue weighted by Crippen LogP contribution is -1.93. The van der Waals surface area contributed by atoms with Gasteiger partial charge in [0.15, 0.2) is 0 Å². The Kier molecular flexibility index (Phi) is 3.43. The number of hydrogen-bond donors (Lipinski definition) is 0. The van der Waals surface area contributed by atoms with Crippen molar-refractivity contribution in [3.05, 3.63) is 11.5 Å². The number of halogens is 4. The molecule has 0 aliphatic heterocycles. The molecule has 0 saturated carbocycles. The van der Waals surface area contributed by atoms with Gasteiger partial charge in [-0.15, -0.1) is 0 Å². The Labute approximate surface area is 48.7 Å². The fraction of sp³-hybridized carbons (Fsp3) is 0.333. The van der Waals surface area contributed by atoms with Gasteiger partial charge in [0.1, 0.15) is 0 Å². The van der Waals surface area contributed by atoms with E-state index in [9.17, 15) is 13.2 Å². The van der Waals surface area contributed by atoms with E-state index in [4.69, 9.17) is 0 Å². The van der Waals surface area contributed by atoms with Gasteiger partial charge in [0, 0.05) is 0 Å². The maximum absolute atomic E-state index is 11.4. The number of alkyl halides is 2. The lowest BCUT2D eigenvalue weighted by molar-refractivity contribution is -0.114. The Morgan fingerprint density at radius 3 is 2.25 bits per heavy atom. The highest BCUT2D eigenvalue weighted by Gasteiger charge is 2.03. The molecule has 0 bridgehead atoms. The van der Waals surface area contributed by atoms with E-state index in [0.717, 1.165) is 0 Å². The molecule has 0 aromatic rings. The fourth-order valence-electron chi connectivity index (χ4n) is 0.111. The predicted octanol–water partition coefficient (Wildman–Crippen LogP) is 2.23. The second kappa shape index (κ2) is 3.60. The first-order chi connectivity index (χ1) is 3.66. The summed E-state index contributed by atoms with van der Waals surface area (Å²) in [5.41, 5.74) is 0.284. The molecule has 5 heteroatoms. The highest BCUT2D eigenvalue weighted by molar-refractivity contribution is 6.25. The molecule has 0 amide bonds. The van der Waals surface area contributed by atoms with Gasteiger partial charge in [0.05, 0.1) is 5.54 Å². The maximum Gasteiger partial charge on any atom is 0.389 e. The van der Waals surface area contributed by atoms with Crippen LogP contribution in [0.1, 0.15) is 0 Å². The van der Waals surface area contributed by atoms with Gasteiger partial charge in [-0.05, 0) is 0 Å². The number of rotatable bonds is 2. The van der Waals surface area contributed by atoms with Crippen LogP contribution in [0.15, 0.2) is 11.5 Å². The largest absolute Gasteiger partial charge is 0.408 e. The minimum absolute atomic E-state index is 0.284. The van der Waals surface area contributed by atoms with Crippen molar-refractivity contribution in [3.8, 4) is 0 Å². The average molecular weight is 146 g/mol. The van der Waals surface area contributed by atoms with Gasteiger partial charge in [0.25, 0.3) is 6.01 Å². The monoisotopic (exact) mass is 146 g/mol.